The SMILES string of the molecule is CC[C@@H]1[C@H](OC)[C@H]2C([C@@H](OC)C[C@@H](OC(C)=O)[C@@H]2COC)[C@@H]2C[C@@]3(O)[C@H](OC(C)=O)[C@@H]2[C@]1(O)[C@@H](OC(C)=O)[C@@H]3OC. The summed E-state index contributed by atoms with van der Waals surface area (Å²) in [5.74, 6) is -4.75. The van der Waals surface area contributed by atoms with E-state index in [2.05, 4.69) is 0 Å². The molecule has 0 amide bonds. The quantitative estimate of drug-likeness (QED) is 0.291. The molecule has 2 bridgehead atoms. The first-order valence-electron chi connectivity index (χ1n) is 14.4. The Kier molecular flexibility index (Phi) is 9.43. The van der Waals surface area contributed by atoms with E-state index in [9.17, 15) is 24.6 Å². The molecule has 0 aromatic carbocycles. The highest BCUT2D eigenvalue weighted by Gasteiger charge is 2.79. The lowest BCUT2D eigenvalue weighted by atomic mass is 9.60. The van der Waals surface area contributed by atoms with E-state index in [0.29, 0.717) is 12.8 Å². The van der Waals surface area contributed by atoms with Gasteiger partial charge in [0.05, 0.1) is 18.8 Å². The van der Waals surface area contributed by atoms with Crippen LogP contribution in [0.15, 0.2) is 0 Å². The Morgan fingerprint density at radius 2 is 1.39 bits per heavy atom. The molecule has 0 spiro atoms. The number of hydrogen-bond donors (Lipinski definition) is 2. The van der Waals surface area contributed by atoms with Crippen molar-refractivity contribution in [3.05, 3.63) is 0 Å². The van der Waals surface area contributed by atoms with E-state index in [0.717, 1.165) is 0 Å². The Bertz CT molecular complexity index is 989. The molecule has 4 fully saturated rings. The zero-order valence-electron chi connectivity index (χ0n) is 25.2. The first-order chi connectivity index (χ1) is 19.3. The highest BCUT2D eigenvalue weighted by molar-refractivity contribution is 5.67. The van der Waals surface area contributed by atoms with Crippen molar-refractivity contribution in [1.82, 2.24) is 0 Å². The molecule has 12 nitrogen and oxygen atoms in total. The molecule has 4 rings (SSSR count). The number of hydrogen-bond acceptors (Lipinski definition) is 12. The second kappa shape index (κ2) is 12.0. The minimum atomic E-state index is -1.83. The second-order valence-corrected chi connectivity index (χ2v) is 12.1. The van der Waals surface area contributed by atoms with Gasteiger partial charge in [-0.1, -0.05) is 6.92 Å². The predicted molar refractivity (Wildman–Crippen MR) is 141 cm³/mol. The lowest BCUT2D eigenvalue weighted by Gasteiger charge is -2.56. The molecule has 1 unspecified atom stereocenters. The van der Waals surface area contributed by atoms with Crippen LogP contribution in [0.25, 0.3) is 0 Å². The molecule has 4 aliphatic rings. The number of esters is 3. The first-order valence-corrected chi connectivity index (χ1v) is 14.4. The third-order valence-corrected chi connectivity index (χ3v) is 10.3. The number of methoxy groups -OCH3 is 4. The average Bonchev–Trinajstić information content (AvgIpc) is 3.09. The zero-order valence-corrected chi connectivity index (χ0v) is 25.2. The highest BCUT2D eigenvalue weighted by Crippen LogP contribution is 2.66. The summed E-state index contributed by atoms with van der Waals surface area (Å²) in [7, 11) is 6.09. The van der Waals surface area contributed by atoms with Gasteiger partial charge in [-0.15, -0.1) is 0 Å². The zero-order chi connectivity index (χ0) is 30.4. The molecule has 0 aromatic heterocycles. The van der Waals surface area contributed by atoms with Crippen molar-refractivity contribution in [1.29, 1.82) is 0 Å². The van der Waals surface area contributed by atoms with Crippen molar-refractivity contribution in [3.8, 4) is 0 Å². The van der Waals surface area contributed by atoms with Gasteiger partial charge in [0, 0.05) is 73.4 Å². The smallest absolute Gasteiger partial charge is 0.303 e. The molecule has 234 valence electrons. The standard InChI is InChI=1S/C29H46O12/c1-9-18-24(37-7)22-17(12-35-5)19(39-13(2)30)10-20(36-6)21(22)16-11-28(33)25(40-14(3)31)23(16)29(18,34)27(26(28)38-8)41-15(4)32/h16-27,33-34H,9-12H2,1-8H3/t16-,17-,18+,19+,20-,21?,22+,23+,24-,25+,26-,27-,28+,29-/m0/s1. The summed E-state index contributed by atoms with van der Waals surface area (Å²) in [5, 5.41) is 25.4. The fourth-order valence-corrected chi connectivity index (χ4v) is 9.36. The van der Waals surface area contributed by atoms with Crippen LogP contribution in [-0.2, 0) is 47.5 Å². The van der Waals surface area contributed by atoms with Gasteiger partial charge in [0.25, 0.3) is 0 Å². The van der Waals surface area contributed by atoms with Crippen LogP contribution in [0.4, 0.5) is 0 Å². The normalized spacial score (nSPS) is 46.7. The Hall–Kier alpha value is -1.83. The Balaban J connectivity index is 2.02. The summed E-state index contributed by atoms with van der Waals surface area (Å²) in [4.78, 5) is 37.1. The van der Waals surface area contributed by atoms with E-state index in [1.54, 1.807) is 21.3 Å². The van der Waals surface area contributed by atoms with Gasteiger partial charge in [-0.05, 0) is 30.6 Å². The molecular weight excluding hydrogens is 540 g/mol. The Morgan fingerprint density at radius 1 is 0.780 bits per heavy atom. The summed E-state index contributed by atoms with van der Waals surface area (Å²) < 4.78 is 41.3. The Morgan fingerprint density at radius 3 is 1.88 bits per heavy atom. The van der Waals surface area contributed by atoms with Crippen LogP contribution in [0.2, 0.25) is 0 Å². The van der Waals surface area contributed by atoms with Gasteiger partial charge < -0.3 is 43.4 Å². The van der Waals surface area contributed by atoms with E-state index in [1.807, 2.05) is 6.92 Å². The summed E-state index contributed by atoms with van der Waals surface area (Å²) in [5.41, 5.74) is -3.61. The molecule has 2 N–H and O–H groups in total. The number of aliphatic hydroxyl groups is 2. The Labute approximate surface area is 241 Å². The van der Waals surface area contributed by atoms with Gasteiger partial charge in [-0.2, -0.15) is 0 Å². The fourth-order valence-electron chi connectivity index (χ4n) is 9.36. The van der Waals surface area contributed by atoms with Crippen molar-refractivity contribution in [2.24, 2.45) is 35.5 Å². The molecular formula is C29H46O12. The minimum Gasteiger partial charge on any atom is -0.462 e. The predicted octanol–water partition coefficient (Wildman–Crippen LogP) is 0.877. The second-order valence-electron chi connectivity index (χ2n) is 12.1. The third-order valence-electron chi connectivity index (χ3n) is 10.3. The van der Waals surface area contributed by atoms with Gasteiger partial charge in [0.2, 0.25) is 0 Å². The molecule has 12 heteroatoms. The molecule has 0 aliphatic heterocycles. The van der Waals surface area contributed by atoms with Crippen molar-refractivity contribution >= 4 is 17.9 Å². The lowest BCUT2D eigenvalue weighted by molar-refractivity contribution is -0.298. The molecule has 4 saturated carbocycles. The van der Waals surface area contributed by atoms with Crippen molar-refractivity contribution in [2.75, 3.05) is 35.0 Å². The number of ether oxygens (including phenoxy) is 7. The van der Waals surface area contributed by atoms with Crippen LogP contribution in [0.1, 0.15) is 47.0 Å². The van der Waals surface area contributed by atoms with Crippen LogP contribution in [-0.4, -0.2) is 111 Å². The van der Waals surface area contributed by atoms with Gasteiger partial charge in [-0.3, -0.25) is 14.4 Å². The maximum atomic E-state index is 13.1. The summed E-state index contributed by atoms with van der Waals surface area (Å²) in [6.45, 7) is 6.00. The van der Waals surface area contributed by atoms with E-state index in [1.165, 1.54) is 27.9 Å². The summed E-state index contributed by atoms with van der Waals surface area (Å²) >= 11 is 0. The molecule has 0 saturated heterocycles. The molecule has 0 heterocycles. The third kappa shape index (κ3) is 4.98. The maximum Gasteiger partial charge on any atom is 0.303 e. The van der Waals surface area contributed by atoms with Crippen molar-refractivity contribution in [2.45, 2.75) is 94.8 Å². The van der Waals surface area contributed by atoms with Crippen molar-refractivity contribution in [3.63, 3.8) is 0 Å². The molecule has 41 heavy (non-hydrogen) atoms. The van der Waals surface area contributed by atoms with E-state index in [4.69, 9.17) is 33.2 Å². The van der Waals surface area contributed by atoms with E-state index >= 15 is 0 Å². The van der Waals surface area contributed by atoms with Crippen LogP contribution < -0.4 is 0 Å². The average molecular weight is 587 g/mol. The van der Waals surface area contributed by atoms with E-state index < -0.39 is 83.5 Å². The fraction of sp³-hybridized carbons (Fsp3) is 0.897. The largest absolute Gasteiger partial charge is 0.462 e. The van der Waals surface area contributed by atoms with Gasteiger partial charge >= 0.3 is 17.9 Å². The van der Waals surface area contributed by atoms with Gasteiger partial charge in [0.1, 0.15) is 29.5 Å². The summed E-state index contributed by atoms with van der Waals surface area (Å²) in [6, 6.07) is 0. The van der Waals surface area contributed by atoms with Crippen molar-refractivity contribution < 1.29 is 57.8 Å². The first kappa shape index (κ1) is 32.1. The number of carbonyl (C=O) groups excluding carboxylic acids is 3. The highest BCUT2D eigenvalue weighted by atomic mass is 16.6. The van der Waals surface area contributed by atoms with Crippen LogP contribution in [0.5, 0.6) is 0 Å². The number of rotatable bonds is 9. The lowest BCUT2D eigenvalue weighted by Crippen LogP contribution is -2.74. The minimum absolute atomic E-state index is 0.0834. The van der Waals surface area contributed by atoms with Gasteiger partial charge in [0.15, 0.2) is 6.10 Å². The summed E-state index contributed by atoms with van der Waals surface area (Å²) in [6.07, 6.45) is -4.47. The topological polar surface area (TPSA) is 156 Å². The van der Waals surface area contributed by atoms with Crippen LogP contribution in [0.3, 0.4) is 0 Å². The van der Waals surface area contributed by atoms with Crippen LogP contribution in [0, 0.1) is 35.5 Å². The maximum absolute atomic E-state index is 13.1. The number of fused-ring (bicyclic) bond motifs is 3. The van der Waals surface area contributed by atoms with E-state index in [-0.39, 0.29) is 30.8 Å². The molecule has 0 radical (unpaired) electrons. The monoisotopic (exact) mass is 586 g/mol. The molecule has 14 atom stereocenters. The van der Waals surface area contributed by atoms with Crippen LogP contribution >= 0.6 is 0 Å². The number of carbonyl (C=O) groups is 3. The molecule has 0 aromatic rings. The molecule has 4 aliphatic carbocycles. The van der Waals surface area contributed by atoms with Gasteiger partial charge in [-0.25, -0.2) is 0 Å².